The second-order valence-electron chi connectivity index (χ2n) is 4.71. The van der Waals surface area contributed by atoms with Gasteiger partial charge >= 0.3 is 0 Å². The van der Waals surface area contributed by atoms with Gasteiger partial charge in [0, 0.05) is 6.07 Å². The topological polar surface area (TPSA) is 53.1 Å². The molecule has 0 radical (unpaired) electrons. The predicted octanol–water partition coefficient (Wildman–Crippen LogP) is 1.43. The molecule has 1 unspecified atom stereocenters. The van der Waals surface area contributed by atoms with Gasteiger partial charge in [-0.3, -0.25) is 4.68 Å². The van der Waals surface area contributed by atoms with Crippen LogP contribution in [-0.2, 0) is 10.3 Å². The lowest BCUT2D eigenvalue weighted by Gasteiger charge is -2.47. The Labute approximate surface area is 83.0 Å². The number of hydrogen-bond donors (Lipinski definition) is 1. The summed E-state index contributed by atoms with van der Waals surface area (Å²) < 4.78 is 8.06. The molecule has 1 saturated carbocycles. The zero-order valence-corrected chi connectivity index (χ0v) is 8.53. The van der Waals surface area contributed by atoms with E-state index in [2.05, 4.69) is 23.6 Å². The van der Waals surface area contributed by atoms with Crippen LogP contribution in [0.4, 0.5) is 5.82 Å². The number of rotatable bonds is 0. The molecule has 2 N–H and O–H groups in total. The lowest BCUT2D eigenvalue weighted by Crippen LogP contribution is -2.48. The first-order valence-electron chi connectivity index (χ1n) is 5.11. The fourth-order valence-corrected chi connectivity index (χ4v) is 2.42. The molecule has 1 aliphatic heterocycles. The Morgan fingerprint density at radius 1 is 1.57 bits per heavy atom. The number of nitrogens with two attached hydrogens (primary N) is 1. The highest BCUT2D eigenvalue weighted by Crippen LogP contribution is 2.46. The molecule has 14 heavy (non-hydrogen) atoms. The highest BCUT2D eigenvalue weighted by molar-refractivity contribution is 5.33. The molecule has 0 aromatic carbocycles. The van der Waals surface area contributed by atoms with Crippen LogP contribution in [0.25, 0.3) is 0 Å². The van der Waals surface area contributed by atoms with Gasteiger partial charge in [-0.2, -0.15) is 5.10 Å². The third-order valence-electron chi connectivity index (χ3n) is 3.31. The minimum absolute atomic E-state index is 0.244. The average molecular weight is 193 g/mol. The van der Waals surface area contributed by atoms with Crippen LogP contribution < -0.4 is 5.73 Å². The lowest BCUT2D eigenvalue weighted by molar-refractivity contribution is -0.163. The molecule has 1 fully saturated rings. The maximum atomic E-state index is 6.00. The van der Waals surface area contributed by atoms with E-state index in [9.17, 15) is 0 Å². The maximum absolute atomic E-state index is 6.00. The highest BCUT2D eigenvalue weighted by Gasteiger charge is 2.45. The lowest BCUT2D eigenvalue weighted by atomic mass is 9.85. The van der Waals surface area contributed by atoms with E-state index in [0.717, 1.165) is 18.5 Å². The van der Waals surface area contributed by atoms with Crippen LogP contribution in [0.1, 0.15) is 38.4 Å². The summed E-state index contributed by atoms with van der Waals surface area (Å²) in [5.41, 5.74) is 6.59. The van der Waals surface area contributed by atoms with Crippen LogP contribution in [0.2, 0.25) is 0 Å². The van der Waals surface area contributed by atoms with Crippen molar-refractivity contribution in [1.29, 1.82) is 0 Å². The highest BCUT2D eigenvalue weighted by atomic mass is 16.5. The molecule has 1 aliphatic carbocycles. The second-order valence-corrected chi connectivity index (χ2v) is 4.71. The zero-order valence-electron chi connectivity index (χ0n) is 8.53. The first-order valence-corrected chi connectivity index (χ1v) is 5.11. The van der Waals surface area contributed by atoms with E-state index in [4.69, 9.17) is 10.5 Å². The number of nitrogens with zero attached hydrogens (tertiary/aromatic N) is 2. The molecular formula is C10H15N3O. The van der Waals surface area contributed by atoms with Crippen molar-refractivity contribution in [3.8, 4) is 0 Å². The van der Waals surface area contributed by atoms with Gasteiger partial charge in [0.2, 0.25) is 0 Å². The zero-order chi connectivity index (χ0) is 9.92. The van der Waals surface area contributed by atoms with E-state index < -0.39 is 0 Å². The fourth-order valence-electron chi connectivity index (χ4n) is 2.42. The Kier molecular flexibility index (Phi) is 1.37. The van der Waals surface area contributed by atoms with E-state index >= 15 is 0 Å². The third kappa shape index (κ3) is 0.892. The van der Waals surface area contributed by atoms with Crippen LogP contribution in [0.5, 0.6) is 0 Å². The predicted molar refractivity (Wildman–Crippen MR) is 52.8 cm³/mol. The molecule has 76 valence electrons. The third-order valence-corrected chi connectivity index (χ3v) is 3.31. The molecule has 2 aliphatic rings. The largest absolute Gasteiger partial charge is 0.382 e. The molecule has 0 amide bonds. The van der Waals surface area contributed by atoms with Crippen molar-refractivity contribution in [2.75, 3.05) is 5.73 Å². The van der Waals surface area contributed by atoms with Gasteiger partial charge in [0.15, 0.2) is 0 Å². The van der Waals surface area contributed by atoms with Gasteiger partial charge in [0.25, 0.3) is 0 Å². The minimum atomic E-state index is -0.244. The normalized spacial score (nSPS) is 33.0. The molecule has 2 atom stereocenters. The van der Waals surface area contributed by atoms with Crippen molar-refractivity contribution in [3.63, 3.8) is 0 Å². The van der Waals surface area contributed by atoms with Gasteiger partial charge in [-0.25, -0.2) is 0 Å². The number of fused-ring (bicyclic) bond motifs is 3. The van der Waals surface area contributed by atoms with Crippen LogP contribution in [0, 0.1) is 0 Å². The first kappa shape index (κ1) is 8.29. The molecule has 0 bridgehead atoms. The fraction of sp³-hybridized carbons (Fsp3) is 0.700. The van der Waals surface area contributed by atoms with Gasteiger partial charge in [-0.1, -0.05) is 0 Å². The standard InChI is InChI=1S/C10H15N3O/c1-10(2)8-5-9(11)12-13(8)6-3-4-7(6)14-10/h5-7H,3-4H2,1-2H3,(H2,11,12)/t6?,7-/m1/s1. The summed E-state index contributed by atoms with van der Waals surface area (Å²) >= 11 is 0. The summed E-state index contributed by atoms with van der Waals surface area (Å²) in [6.45, 7) is 4.16. The van der Waals surface area contributed by atoms with Crippen LogP contribution in [0.3, 0.4) is 0 Å². The summed E-state index contributed by atoms with van der Waals surface area (Å²) in [7, 11) is 0. The van der Waals surface area contributed by atoms with E-state index in [0.29, 0.717) is 18.0 Å². The molecule has 1 aromatic rings. The molecule has 0 saturated heterocycles. The van der Waals surface area contributed by atoms with Gasteiger partial charge < -0.3 is 10.5 Å². The van der Waals surface area contributed by atoms with Gasteiger partial charge in [0.1, 0.15) is 11.4 Å². The monoisotopic (exact) mass is 193 g/mol. The molecule has 4 nitrogen and oxygen atoms in total. The summed E-state index contributed by atoms with van der Waals surface area (Å²) in [6.07, 6.45) is 2.65. The van der Waals surface area contributed by atoms with E-state index in [1.54, 1.807) is 0 Å². The Balaban J connectivity index is 2.15. The SMILES string of the molecule is CC1(C)O[C@@H]2CCC2n2nc(N)cc21. The second kappa shape index (κ2) is 2.31. The van der Waals surface area contributed by atoms with E-state index in [-0.39, 0.29) is 5.60 Å². The van der Waals surface area contributed by atoms with Crippen molar-refractivity contribution in [2.24, 2.45) is 0 Å². The van der Waals surface area contributed by atoms with Gasteiger partial charge in [-0.15, -0.1) is 0 Å². The summed E-state index contributed by atoms with van der Waals surface area (Å²) in [4.78, 5) is 0. The minimum Gasteiger partial charge on any atom is -0.382 e. The molecule has 4 heteroatoms. The van der Waals surface area contributed by atoms with E-state index in [1.165, 1.54) is 0 Å². The van der Waals surface area contributed by atoms with Crippen LogP contribution in [-0.4, -0.2) is 15.9 Å². The van der Waals surface area contributed by atoms with Crippen molar-refractivity contribution < 1.29 is 4.74 Å². The van der Waals surface area contributed by atoms with Crippen molar-refractivity contribution >= 4 is 5.82 Å². The molecule has 3 rings (SSSR count). The van der Waals surface area contributed by atoms with Crippen LogP contribution in [0.15, 0.2) is 6.07 Å². The summed E-state index contributed by atoms with van der Waals surface area (Å²) in [5.74, 6) is 0.601. The smallest absolute Gasteiger partial charge is 0.145 e. The molecular weight excluding hydrogens is 178 g/mol. The first-order chi connectivity index (χ1) is 6.58. The summed E-state index contributed by atoms with van der Waals surface area (Å²) in [5, 5.41) is 4.34. The Morgan fingerprint density at radius 3 is 3.00 bits per heavy atom. The Morgan fingerprint density at radius 2 is 2.36 bits per heavy atom. The molecule has 0 spiro atoms. The van der Waals surface area contributed by atoms with Gasteiger partial charge in [0.05, 0.1) is 17.8 Å². The quantitative estimate of drug-likeness (QED) is 0.678. The van der Waals surface area contributed by atoms with Gasteiger partial charge in [-0.05, 0) is 26.7 Å². The number of hydrogen-bond acceptors (Lipinski definition) is 3. The number of ether oxygens (including phenoxy) is 1. The van der Waals surface area contributed by atoms with Crippen LogP contribution >= 0.6 is 0 Å². The van der Waals surface area contributed by atoms with Crippen molar-refractivity contribution in [2.45, 2.75) is 44.4 Å². The maximum Gasteiger partial charge on any atom is 0.145 e. The number of nitrogen functional groups attached to an aromatic ring is 1. The molecule has 1 aromatic heterocycles. The number of anilines is 1. The Bertz CT molecular complexity index is 383. The van der Waals surface area contributed by atoms with E-state index in [1.807, 2.05) is 6.07 Å². The van der Waals surface area contributed by atoms with Crippen molar-refractivity contribution in [3.05, 3.63) is 11.8 Å². The Hall–Kier alpha value is -1.03. The summed E-state index contributed by atoms with van der Waals surface area (Å²) in [6, 6.07) is 2.35. The number of aromatic nitrogens is 2. The average Bonchev–Trinajstić information content (AvgIpc) is 2.40. The van der Waals surface area contributed by atoms with Crippen molar-refractivity contribution in [1.82, 2.24) is 9.78 Å². The molecule has 2 heterocycles.